The Morgan fingerprint density at radius 2 is 2.33 bits per heavy atom. The van der Waals surface area contributed by atoms with Gasteiger partial charge in [-0.05, 0) is 0 Å². The van der Waals surface area contributed by atoms with Crippen molar-refractivity contribution < 1.29 is 0 Å². The Morgan fingerprint density at radius 3 is 2.50 bits per heavy atom. The van der Waals surface area contributed by atoms with Crippen molar-refractivity contribution in [3.8, 4) is 0 Å². The molecule has 0 rings (SSSR count). The Bertz CT molecular complexity index is 19.5. The minimum absolute atomic E-state index is 0.827. The zero-order valence-corrected chi connectivity index (χ0v) is 4.96. The zero-order valence-electron chi connectivity index (χ0n) is 4.21. The SMILES string of the molecule is CCC[CH2][Be][Cl]. The molecule has 0 heterocycles. The van der Waals surface area contributed by atoms with Crippen molar-refractivity contribution in [3.05, 3.63) is 0 Å². The van der Waals surface area contributed by atoms with Gasteiger partial charge in [0.2, 0.25) is 0 Å². The molecule has 0 amide bonds. The molecule has 0 aromatic rings. The van der Waals surface area contributed by atoms with E-state index in [0.29, 0.717) is 0 Å². The van der Waals surface area contributed by atoms with Gasteiger partial charge in [-0.2, -0.15) is 0 Å². The van der Waals surface area contributed by atoms with Crippen LogP contribution >= 0.6 is 11.2 Å². The van der Waals surface area contributed by atoms with E-state index in [9.17, 15) is 0 Å². The third kappa shape index (κ3) is 4.46. The van der Waals surface area contributed by atoms with E-state index in [2.05, 4.69) is 6.92 Å². The van der Waals surface area contributed by atoms with Gasteiger partial charge in [0, 0.05) is 0 Å². The summed E-state index contributed by atoms with van der Waals surface area (Å²) < 4.78 is 0. The molecule has 0 aliphatic carbocycles. The molecule has 0 saturated heterocycles. The van der Waals surface area contributed by atoms with Gasteiger partial charge in [0.25, 0.3) is 0 Å². The van der Waals surface area contributed by atoms with Crippen LogP contribution in [0.15, 0.2) is 0 Å². The molecule has 0 spiro atoms. The summed E-state index contributed by atoms with van der Waals surface area (Å²) in [6, 6.07) is 0. The fourth-order valence-corrected chi connectivity index (χ4v) is 0.533. The van der Waals surface area contributed by atoms with E-state index in [1.54, 1.807) is 0 Å². The van der Waals surface area contributed by atoms with Crippen molar-refractivity contribution in [1.29, 1.82) is 0 Å². The van der Waals surface area contributed by atoms with Crippen LogP contribution in [0.25, 0.3) is 0 Å². The second-order valence-corrected chi connectivity index (χ2v) is 1.77. The van der Waals surface area contributed by atoms with Crippen LogP contribution in [0, 0.1) is 0 Å². The van der Waals surface area contributed by atoms with E-state index in [0.717, 1.165) is 8.12 Å². The quantitative estimate of drug-likeness (QED) is 0.377. The molecule has 0 radical (unpaired) electrons. The molecule has 0 aromatic heterocycles. The van der Waals surface area contributed by atoms with Crippen LogP contribution in [0.1, 0.15) is 19.8 Å². The summed E-state index contributed by atoms with van der Waals surface area (Å²) >= 11 is 5.38. The Labute approximate surface area is 46.0 Å². The molecule has 0 N–H and O–H groups in total. The second kappa shape index (κ2) is 5.46. The number of halogens is 1. The molecule has 34 valence electrons. The summed E-state index contributed by atoms with van der Waals surface area (Å²) in [6.07, 6.45) is 3.73. The minimum atomic E-state index is 0.827. The Kier molecular flexibility index (Phi) is 5.88. The van der Waals surface area contributed by atoms with Gasteiger partial charge in [0.15, 0.2) is 0 Å². The summed E-state index contributed by atoms with van der Waals surface area (Å²) in [6.45, 7) is 2.17. The van der Waals surface area contributed by atoms with Gasteiger partial charge in [0.05, 0.1) is 0 Å². The van der Waals surface area contributed by atoms with Gasteiger partial charge >= 0.3 is 45.2 Å². The Hall–Kier alpha value is 0.459. The maximum absolute atomic E-state index is 5.38. The first kappa shape index (κ1) is 6.46. The Balaban J connectivity index is 2.34. The molecule has 0 aliphatic heterocycles. The number of hydrogen-bond donors (Lipinski definition) is 0. The van der Waals surface area contributed by atoms with E-state index in [1.165, 1.54) is 19.0 Å². The molecular formula is C4H9BeCl. The van der Waals surface area contributed by atoms with E-state index in [-0.39, 0.29) is 0 Å². The third-order valence-corrected chi connectivity index (χ3v) is 1.00. The average Bonchev–Trinajstić information content (AvgIpc) is 1.61. The van der Waals surface area contributed by atoms with Gasteiger partial charge in [0.1, 0.15) is 0 Å². The fraction of sp³-hybridized carbons (Fsp3) is 1.00. The summed E-state index contributed by atoms with van der Waals surface area (Å²) in [5.74, 6) is 0. The number of rotatable bonds is 3. The predicted molar refractivity (Wildman–Crippen MR) is 31.3 cm³/mol. The molecule has 0 fully saturated rings. The molecule has 6 heavy (non-hydrogen) atoms. The van der Waals surface area contributed by atoms with E-state index in [1.807, 2.05) is 0 Å². The first-order valence-corrected chi connectivity index (χ1v) is 3.01. The van der Waals surface area contributed by atoms with E-state index >= 15 is 0 Å². The predicted octanol–water partition coefficient (Wildman–Crippen LogP) is 2.06. The van der Waals surface area contributed by atoms with Crippen molar-refractivity contribution in [2.24, 2.45) is 0 Å². The van der Waals surface area contributed by atoms with Crippen molar-refractivity contribution in [2.45, 2.75) is 25.9 Å². The van der Waals surface area contributed by atoms with Crippen LogP contribution in [-0.2, 0) is 0 Å². The fourth-order valence-electron chi connectivity index (χ4n) is 0.344. The molecular weight excluding hydrogens is 92.5 g/mol. The van der Waals surface area contributed by atoms with Crippen LogP contribution in [0.5, 0.6) is 0 Å². The van der Waals surface area contributed by atoms with Gasteiger partial charge in [-0.25, -0.2) is 0 Å². The van der Waals surface area contributed by atoms with E-state index < -0.39 is 0 Å². The maximum atomic E-state index is 5.38. The molecule has 2 heteroatoms. The normalized spacial score (nSPS) is 7.67. The molecule has 0 aromatic carbocycles. The van der Waals surface area contributed by atoms with Crippen LogP contribution in [0.2, 0.25) is 6.14 Å². The van der Waals surface area contributed by atoms with Crippen molar-refractivity contribution in [1.82, 2.24) is 0 Å². The van der Waals surface area contributed by atoms with Crippen molar-refractivity contribution in [3.63, 3.8) is 0 Å². The summed E-state index contributed by atoms with van der Waals surface area (Å²) in [7, 11) is 0.827. The van der Waals surface area contributed by atoms with Gasteiger partial charge < -0.3 is 0 Å². The van der Waals surface area contributed by atoms with Crippen LogP contribution in [0.4, 0.5) is 0 Å². The number of hydrogen-bond acceptors (Lipinski definition) is 0. The standard InChI is InChI=1S/C4H9.Be.ClH/c1-3-4-2;;/h1,3-4H2,2H3;;1H/q;+1;/p-1. The first-order chi connectivity index (χ1) is 2.91. The third-order valence-electron chi connectivity index (χ3n) is 0.737. The van der Waals surface area contributed by atoms with Crippen LogP contribution < -0.4 is 0 Å². The Morgan fingerprint density at radius 1 is 1.67 bits per heavy atom. The molecule has 0 unspecified atom stereocenters. The molecule has 0 atom stereocenters. The van der Waals surface area contributed by atoms with E-state index in [4.69, 9.17) is 11.2 Å². The summed E-state index contributed by atoms with van der Waals surface area (Å²) in [4.78, 5) is 0. The first-order valence-electron chi connectivity index (χ1n) is 2.47. The molecule has 0 aliphatic rings. The summed E-state index contributed by atoms with van der Waals surface area (Å²) in [5.41, 5.74) is 0. The molecule has 0 bridgehead atoms. The van der Waals surface area contributed by atoms with Crippen molar-refractivity contribution in [2.75, 3.05) is 0 Å². The number of unbranched alkanes of at least 4 members (excludes halogenated alkanes) is 1. The van der Waals surface area contributed by atoms with Gasteiger partial charge in [-0.15, -0.1) is 0 Å². The summed E-state index contributed by atoms with van der Waals surface area (Å²) in [5, 5.41) is 0. The molecule has 0 nitrogen and oxygen atoms in total. The monoisotopic (exact) mass is 101 g/mol. The molecule has 0 saturated carbocycles. The van der Waals surface area contributed by atoms with Crippen LogP contribution in [-0.4, -0.2) is 8.12 Å². The zero-order chi connectivity index (χ0) is 4.83. The topological polar surface area (TPSA) is 0 Å². The van der Waals surface area contributed by atoms with Gasteiger partial charge in [-0.1, -0.05) is 0 Å². The van der Waals surface area contributed by atoms with Crippen LogP contribution in [0.3, 0.4) is 0 Å². The van der Waals surface area contributed by atoms with Crippen molar-refractivity contribution >= 4 is 19.3 Å². The van der Waals surface area contributed by atoms with Gasteiger partial charge in [-0.3, -0.25) is 0 Å². The average molecular weight is 102 g/mol. The second-order valence-electron chi connectivity index (χ2n) is 1.40.